The van der Waals surface area contributed by atoms with Crippen LogP contribution >= 0.6 is 23.1 Å². The summed E-state index contributed by atoms with van der Waals surface area (Å²) in [5, 5.41) is 1.02. The molecule has 3 heterocycles. The molecule has 192 valence electrons. The second-order valence-corrected chi connectivity index (χ2v) is 11.9. The van der Waals surface area contributed by atoms with Gasteiger partial charge in [0.1, 0.15) is 26.7 Å². The molecule has 4 aromatic rings. The van der Waals surface area contributed by atoms with Crippen LogP contribution < -0.4 is 24.2 Å². The highest BCUT2D eigenvalue weighted by Crippen LogP contribution is 2.44. The Morgan fingerprint density at radius 3 is 2.27 bits per heavy atom. The van der Waals surface area contributed by atoms with Crippen LogP contribution in [0.2, 0.25) is 0 Å². The zero-order valence-corrected chi connectivity index (χ0v) is 23.4. The number of hydrogen-bond acceptors (Lipinski definition) is 7. The number of aromatic nitrogens is 2. The molecule has 2 aromatic heterocycles. The minimum atomic E-state index is -4.27. The molecule has 1 aliphatic heterocycles. The van der Waals surface area contributed by atoms with Gasteiger partial charge in [-0.1, -0.05) is 41.6 Å². The Kier molecular flexibility index (Phi) is 8.03. The van der Waals surface area contributed by atoms with Gasteiger partial charge in [0, 0.05) is 30.6 Å². The quantitative estimate of drug-likeness (QED) is 0.287. The second kappa shape index (κ2) is 11.1. The number of pyridine rings is 1. The van der Waals surface area contributed by atoms with Gasteiger partial charge >= 0.3 is 0 Å². The number of rotatable bonds is 3. The van der Waals surface area contributed by atoms with Crippen molar-refractivity contribution in [3.8, 4) is 0 Å². The fourth-order valence-electron chi connectivity index (χ4n) is 3.73. The van der Waals surface area contributed by atoms with E-state index >= 15 is 0 Å². The van der Waals surface area contributed by atoms with Crippen molar-refractivity contribution >= 4 is 50.0 Å². The van der Waals surface area contributed by atoms with Crippen LogP contribution in [0.15, 0.2) is 87.6 Å². The van der Waals surface area contributed by atoms with E-state index in [9.17, 15) is 17.8 Å². The van der Waals surface area contributed by atoms with Crippen molar-refractivity contribution in [1.29, 1.82) is 0 Å². The lowest BCUT2D eigenvalue weighted by Gasteiger charge is -2.11. The lowest BCUT2D eigenvalue weighted by Crippen LogP contribution is -2.33. The standard InChI is InChI=1S/C20H20N3OS2.C7H8O3S/c1-4-23-17(13-14-9-11-21(2)12-10-14)26-18(19(23)24)20-22(3)15-7-5-6-8-16(15)25-20;1-6-2-4-7(5-3-6)11(8,9)10/h5-13H,4H2,1-3H3;2-5H,1H3,(H,8,9,10)/q+1;/p-1. The Labute approximate surface area is 224 Å². The number of hydrogen-bond donors (Lipinski definition) is 0. The molecule has 10 heteroatoms. The van der Waals surface area contributed by atoms with E-state index in [2.05, 4.69) is 35.2 Å². The molecule has 0 saturated heterocycles. The molecule has 0 atom stereocenters. The fourth-order valence-corrected chi connectivity index (χ4v) is 6.67. The molecule has 0 amide bonds. The Hall–Kier alpha value is -3.18. The van der Waals surface area contributed by atoms with E-state index < -0.39 is 10.1 Å². The van der Waals surface area contributed by atoms with Crippen molar-refractivity contribution in [3.05, 3.63) is 104 Å². The first-order valence-corrected chi connectivity index (χ1v) is 14.6. The summed E-state index contributed by atoms with van der Waals surface area (Å²) in [6.45, 7) is 4.50. The average molecular weight is 554 g/mol. The van der Waals surface area contributed by atoms with Gasteiger partial charge in [0.25, 0.3) is 5.56 Å². The highest BCUT2D eigenvalue weighted by Gasteiger charge is 2.24. The molecule has 2 aromatic carbocycles. The third kappa shape index (κ3) is 6.04. The first kappa shape index (κ1) is 26.9. The molecule has 0 radical (unpaired) electrons. The van der Waals surface area contributed by atoms with Gasteiger partial charge in [0.05, 0.1) is 15.2 Å². The first-order chi connectivity index (χ1) is 17.6. The molecule has 7 nitrogen and oxygen atoms in total. The Morgan fingerprint density at radius 1 is 1.03 bits per heavy atom. The molecule has 0 unspecified atom stereocenters. The number of nitrogens with zero attached hydrogens (tertiary/aromatic N) is 3. The smallest absolute Gasteiger partial charge is 0.271 e. The third-order valence-electron chi connectivity index (χ3n) is 5.76. The predicted octanol–water partition coefficient (Wildman–Crippen LogP) is 2.79. The molecule has 0 saturated carbocycles. The van der Waals surface area contributed by atoms with Gasteiger partial charge in [-0.15, -0.1) is 11.3 Å². The monoisotopic (exact) mass is 553 g/mol. The summed E-state index contributed by atoms with van der Waals surface area (Å²) in [6.07, 6.45) is 6.12. The van der Waals surface area contributed by atoms with E-state index in [0.717, 1.165) is 31.0 Å². The SMILES string of the molecule is CCn1c(=Cc2cc[n+](C)cc2)sc(=C2Sc3ccccc3N2C)c1=O.Cc1ccc(S(=O)(=O)[O-])cc1. The normalized spacial score (nSPS) is 14.8. The van der Waals surface area contributed by atoms with Crippen LogP contribution in [-0.2, 0) is 23.7 Å². The van der Waals surface area contributed by atoms with Crippen molar-refractivity contribution < 1.29 is 17.5 Å². The number of anilines is 1. The number of aryl methyl sites for hydroxylation is 2. The summed E-state index contributed by atoms with van der Waals surface area (Å²) >= 11 is 3.24. The van der Waals surface area contributed by atoms with E-state index in [1.165, 1.54) is 17.0 Å². The van der Waals surface area contributed by atoms with Gasteiger partial charge in [-0.3, -0.25) is 9.36 Å². The van der Waals surface area contributed by atoms with Gasteiger partial charge in [-0.25, -0.2) is 13.0 Å². The molecule has 0 N–H and O–H groups in total. The van der Waals surface area contributed by atoms with Crippen LogP contribution in [0.1, 0.15) is 18.1 Å². The molecular weight excluding hydrogens is 527 g/mol. The first-order valence-electron chi connectivity index (χ1n) is 11.5. The maximum atomic E-state index is 13.0. The number of thiazole rings is 1. The van der Waals surface area contributed by atoms with E-state index in [0.29, 0.717) is 6.54 Å². The topological polar surface area (TPSA) is 86.3 Å². The van der Waals surface area contributed by atoms with Crippen molar-refractivity contribution in [2.75, 3.05) is 11.9 Å². The van der Waals surface area contributed by atoms with Crippen molar-refractivity contribution in [1.82, 2.24) is 4.57 Å². The number of para-hydroxylation sites is 1. The molecule has 0 bridgehead atoms. The van der Waals surface area contributed by atoms with Gasteiger partial charge in [0.15, 0.2) is 12.4 Å². The van der Waals surface area contributed by atoms with Crippen molar-refractivity contribution in [2.24, 2.45) is 7.05 Å². The van der Waals surface area contributed by atoms with E-state index in [4.69, 9.17) is 0 Å². The van der Waals surface area contributed by atoms with Gasteiger partial charge in [-0.2, -0.15) is 0 Å². The average Bonchev–Trinajstić information content (AvgIpc) is 3.36. The lowest BCUT2D eigenvalue weighted by molar-refractivity contribution is -0.671. The summed E-state index contributed by atoms with van der Waals surface area (Å²) < 4.78 is 36.8. The Morgan fingerprint density at radius 2 is 1.68 bits per heavy atom. The van der Waals surface area contributed by atoms with Gasteiger partial charge < -0.3 is 9.45 Å². The van der Waals surface area contributed by atoms with Crippen LogP contribution in [0.5, 0.6) is 0 Å². The molecular formula is C27H27N3O4S3. The second-order valence-electron chi connectivity index (χ2n) is 8.46. The zero-order valence-electron chi connectivity index (χ0n) is 20.9. The van der Waals surface area contributed by atoms with Crippen LogP contribution in [0.25, 0.3) is 11.1 Å². The largest absolute Gasteiger partial charge is 0.744 e. The summed E-state index contributed by atoms with van der Waals surface area (Å²) in [7, 11) is -0.241. The summed E-state index contributed by atoms with van der Waals surface area (Å²) in [4.78, 5) is 16.2. The zero-order chi connectivity index (χ0) is 26.7. The maximum Gasteiger partial charge on any atom is 0.271 e. The highest BCUT2D eigenvalue weighted by molar-refractivity contribution is 8.08. The Balaban J connectivity index is 0.000000245. The summed E-state index contributed by atoms with van der Waals surface area (Å²) in [6, 6.07) is 18.2. The highest BCUT2D eigenvalue weighted by atomic mass is 32.2. The predicted molar refractivity (Wildman–Crippen MR) is 148 cm³/mol. The van der Waals surface area contributed by atoms with E-state index in [1.54, 1.807) is 35.2 Å². The van der Waals surface area contributed by atoms with Crippen LogP contribution in [-0.4, -0.2) is 24.6 Å². The molecule has 0 aliphatic carbocycles. The minimum absolute atomic E-state index is 0.0902. The van der Waals surface area contributed by atoms with E-state index in [-0.39, 0.29) is 10.5 Å². The lowest BCUT2D eigenvalue weighted by atomic mass is 10.2. The van der Waals surface area contributed by atoms with Crippen molar-refractivity contribution in [3.63, 3.8) is 0 Å². The number of fused-ring (bicyclic) bond motifs is 1. The van der Waals surface area contributed by atoms with Crippen molar-refractivity contribution in [2.45, 2.75) is 30.2 Å². The summed E-state index contributed by atoms with van der Waals surface area (Å²) in [5.74, 6) is 0. The molecule has 1 aliphatic rings. The van der Waals surface area contributed by atoms with Gasteiger partial charge in [0.2, 0.25) is 0 Å². The third-order valence-corrected chi connectivity index (χ3v) is 9.10. The minimum Gasteiger partial charge on any atom is -0.744 e. The molecule has 37 heavy (non-hydrogen) atoms. The Bertz CT molecular complexity index is 1710. The van der Waals surface area contributed by atoms with Crippen LogP contribution in [0.3, 0.4) is 0 Å². The number of thioether (sulfide) groups is 1. The van der Waals surface area contributed by atoms with E-state index in [1.807, 2.05) is 61.6 Å². The van der Waals surface area contributed by atoms with Crippen LogP contribution in [0.4, 0.5) is 5.69 Å². The van der Waals surface area contributed by atoms with Gasteiger partial charge in [-0.05, 0) is 49.8 Å². The number of benzene rings is 2. The van der Waals surface area contributed by atoms with Crippen LogP contribution in [0, 0.1) is 6.92 Å². The fraction of sp³-hybridized carbons (Fsp3) is 0.185. The molecule has 0 fully saturated rings. The summed E-state index contributed by atoms with van der Waals surface area (Å²) in [5.41, 5.74) is 3.27. The molecule has 0 spiro atoms. The molecule has 5 rings (SSSR count). The maximum absolute atomic E-state index is 13.0.